The van der Waals surface area contributed by atoms with Gasteiger partial charge in [-0.2, -0.15) is 0 Å². The molecule has 2 nitrogen and oxygen atoms in total. The van der Waals surface area contributed by atoms with Crippen LogP contribution in [0.3, 0.4) is 0 Å². The van der Waals surface area contributed by atoms with Crippen LogP contribution in [-0.2, 0) is 0 Å². The van der Waals surface area contributed by atoms with Gasteiger partial charge >= 0.3 is 0 Å². The van der Waals surface area contributed by atoms with Crippen molar-refractivity contribution in [2.75, 3.05) is 0 Å². The van der Waals surface area contributed by atoms with E-state index in [0.717, 1.165) is 60.6 Å². The number of para-hydroxylation sites is 2. The van der Waals surface area contributed by atoms with E-state index in [2.05, 4.69) is 158 Å². The first-order valence-electron chi connectivity index (χ1n) is 16.1. The summed E-state index contributed by atoms with van der Waals surface area (Å²) < 4.78 is 6.74. The predicted molar refractivity (Wildman–Crippen MR) is 198 cm³/mol. The zero-order valence-corrected chi connectivity index (χ0v) is 25.4. The molecule has 0 saturated heterocycles. The van der Waals surface area contributed by atoms with Crippen molar-refractivity contribution in [3.8, 4) is 33.5 Å². The third-order valence-corrected chi connectivity index (χ3v) is 9.65. The van der Waals surface area contributed by atoms with Crippen molar-refractivity contribution in [1.29, 1.82) is 0 Å². The number of benzene rings is 8. The fourth-order valence-electron chi connectivity index (χ4n) is 7.50. The summed E-state index contributed by atoms with van der Waals surface area (Å²) in [6.07, 6.45) is 0. The molecule has 8 aromatic carbocycles. The Bertz CT molecular complexity index is 2830. The number of hydrogen-bond donors (Lipinski definition) is 0. The minimum Gasteiger partial charge on any atom is -0.455 e. The second-order valence-corrected chi connectivity index (χ2v) is 12.3. The highest BCUT2D eigenvalue weighted by molar-refractivity contribution is 6.29. The molecule has 0 atom stereocenters. The Kier molecular flexibility index (Phi) is 5.61. The number of furan rings is 1. The summed E-state index contributed by atoms with van der Waals surface area (Å²) >= 11 is 0. The molecule has 0 unspecified atom stereocenters. The van der Waals surface area contributed by atoms with E-state index in [0.29, 0.717) is 0 Å². The Hall–Kier alpha value is -6.25. The van der Waals surface area contributed by atoms with Crippen LogP contribution >= 0.6 is 0 Å². The zero-order valence-electron chi connectivity index (χ0n) is 25.4. The lowest BCUT2D eigenvalue weighted by Gasteiger charge is -2.12. The largest absolute Gasteiger partial charge is 0.455 e. The fourth-order valence-corrected chi connectivity index (χ4v) is 7.50. The number of hydrogen-bond acceptors (Lipinski definition) is 2. The predicted octanol–water partition coefficient (Wildman–Crippen LogP) is 12.6. The van der Waals surface area contributed by atoms with Gasteiger partial charge in [0, 0.05) is 38.1 Å². The first-order chi connectivity index (χ1) is 23.3. The van der Waals surface area contributed by atoms with Crippen LogP contribution in [0.15, 0.2) is 168 Å². The molecule has 0 radical (unpaired) electrons. The van der Waals surface area contributed by atoms with E-state index in [1.165, 1.54) is 38.1 Å². The van der Waals surface area contributed by atoms with Gasteiger partial charge in [-0.25, -0.2) is 4.98 Å². The van der Waals surface area contributed by atoms with Gasteiger partial charge < -0.3 is 4.42 Å². The smallest absolute Gasteiger partial charge is 0.143 e. The minimum absolute atomic E-state index is 0.884. The highest BCUT2D eigenvalue weighted by Crippen LogP contribution is 2.44. The van der Waals surface area contributed by atoms with Crippen molar-refractivity contribution in [3.63, 3.8) is 0 Å². The van der Waals surface area contributed by atoms with Crippen LogP contribution in [0, 0.1) is 0 Å². The van der Waals surface area contributed by atoms with E-state index < -0.39 is 0 Å². The van der Waals surface area contributed by atoms with Gasteiger partial charge in [-0.1, -0.05) is 140 Å². The van der Waals surface area contributed by atoms with Gasteiger partial charge in [0.15, 0.2) is 0 Å². The van der Waals surface area contributed by atoms with Crippen LogP contribution in [0.2, 0.25) is 0 Å². The molecule has 2 heteroatoms. The quantitative estimate of drug-likeness (QED) is 0.189. The molecule has 2 heterocycles. The lowest BCUT2D eigenvalue weighted by Crippen LogP contribution is -1.90. The molecule has 218 valence electrons. The van der Waals surface area contributed by atoms with Gasteiger partial charge in [0.1, 0.15) is 11.2 Å². The molecule has 0 aliphatic heterocycles. The highest BCUT2D eigenvalue weighted by atomic mass is 16.3. The first-order valence-corrected chi connectivity index (χ1v) is 16.1. The molecule has 0 amide bonds. The van der Waals surface area contributed by atoms with E-state index in [9.17, 15) is 0 Å². The summed E-state index contributed by atoms with van der Waals surface area (Å²) in [5, 5.41) is 10.8. The summed E-state index contributed by atoms with van der Waals surface area (Å²) in [6.45, 7) is 0. The monoisotopic (exact) mass is 597 g/mol. The number of pyridine rings is 1. The van der Waals surface area contributed by atoms with Gasteiger partial charge in [0.2, 0.25) is 0 Å². The lowest BCUT2D eigenvalue weighted by atomic mass is 9.92. The van der Waals surface area contributed by atoms with Crippen molar-refractivity contribution in [3.05, 3.63) is 164 Å². The summed E-state index contributed by atoms with van der Waals surface area (Å²) in [4.78, 5) is 5.15. The van der Waals surface area contributed by atoms with Crippen molar-refractivity contribution < 1.29 is 4.42 Å². The third kappa shape index (κ3) is 3.95. The SMILES string of the molecule is c1ccc(-c2nc3ccccc3c3c2ccc2oc4c(-c5ccc(-c6cc7ccccc7c7ccccc67)cc5)cccc4c23)cc1. The minimum atomic E-state index is 0.884. The molecule has 47 heavy (non-hydrogen) atoms. The Labute approximate surface area is 271 Å². The number of aromatic nitrogens is 1. The van der Waals surface area contributed by atoms with E-state index in [4.69, 9.17) is 9.40 Å². The maximum Gasteiger partial charge on any atom is 0.143 e. The third-order valence-electron chi connectivity index (χ3n) is 9.65. The molecule has 0 bridgehead atoms. The first kappa shape index (κ1) is 26.0. The summed E-state index contributed by atoms with van der Waals surface area (Å²) in [5.74, 6) is 0. The summed E-state index contributed by atoms with van der Waals surface area (Å²) in [6, 6.07) is 58.3. The van der Waals surface area contributed by atoms with Gasteiger partial charge in [-0.05, 0) is 62.5 Å². The Morgan fingerprint density at radius 3 is 1.87 bits per heavy atom. The molecular formula is C45H27NO. The van der Waals surface area contributed by atoms with Crippen LogP contribution in [-0.4, -0.2) is 4.98 Å². The molecule has 0 saturated carbocycles. The van der Waals surface area contributed by atoms with Crippen molar-refractivity contribution in [2.24, 2.45) is 0 Å². The average Bonchev–Trinajstić information content (AvgIpc) is 3.54. The molecule has 2 aromatic heterocycles. The van der Waals surface area contributed by atoms with Crippen molar-refractivity contribution in [1.82, 2.24) is 4.98 Å². The Morgan fingerprint density at radius 2 is 1.04 bits per heavy atom. The second-order valence-electron chi connectivity index (χ2n) is 12.3. The van der Waals surface area contributed by atoms with E-state index in [1.54, 1.807) is 0 Å². The number of rotatable bonds is 3. The van der Waals surface area contributed by atoms with Crippen LogP contribution in [0.25, 0.3) is 98.7 Å². The maximum absolute atomic E-state index is 6.74. The van der Waals surface area contributed by atoms with Crippen LogP contribution in [0.4, 0.5) is 0 Å². The number of nitrogens with zero attached hydrogens (tertiary/aromatic N) is 1. The summed E-state index contributed by atoms with van der Waals surface area (Å²) in [7, 11) is 0. The molecule has 0 aliphatic carbocycles. The van der Waals surface area contributed by atoms with E-state index in [1.807, 2.05) is 6.07 Å². The number of fused-ring (bicyclic) bond motifs is 10. The normalized spacial score (nSPS) is 11.8. The maximum atomic E-state index is 6.74. The molecular weight excluding hydrogens is 571 g/mol. The van der Waals surface area contributed by atoms with Crippen molar-refractivity contribution in [2.45, 2.75) is 0 Å². The lowest BCUT2D eigenvalue weighted by molar-refractivity contribution is 0.670. The molecule has 0 fully saturated rings. The highest BCUT2D eigenvalue weighted by Gasteiger charge is 2.19. The molecule has 10 rings (SSSR count). The molecule has 0 N–H and O–H groups in total. The topological polar surface area (TPSA) is 26.0 Å². The Balaban J connectivity index is 1.18. The zero-order chi connectivity index (χ0) is 30.9. The average molecular weight is 598 g/mol. The van der Waals surface area contributed by atoms with E-state index in [-0.39, 0.29) is 0 Å². The van der Waals surface area contributed by atoms with Gasteiger partial charge in [0.05, 0.1) is 11.2 Å². The van der Waals surface area contributed by atoms with Crippen LogP contribution < -0.4 is 0 Å². The summed E-state index contributed by atoms with van der Waals surface area (Å²) in [5.41, 5.74) is 9.52. The van der Waals surface area contributed by atoms with Crippen LogP contribution in [0.1, 0.15) is 0 Å². The molecule has 10 aromatic rings. The Morgan fingerprint density at radius 1 is 0.383 bits per heavy atom. The van der Waals surface area contributed by atoms with Gasteiger partial charge in [-0.3, -0.25) is 0 Å². The van der Waals surface area contributed by atoms with Gasteiger partial charge in [-0.15, -0.1) is 0 Å². The van der Waals surface area contributed by atoms with Crippen LogP contribution in [0.5, 0.6) is 0 Å². The molecule has 0 aliphatic rings. The standard InChI is InChI=1S/C45H27NO/c1-2-11-30(12-3-1)44-37-25-26-41-43(42(37)36-17-8-9-20-40(36)46-44)38-19-10-18-33(45(38)47-41)28-21-23-29(24-22-28)39-27-31-13-4-5-14-32(31)34-15-6-7-16-35(34)39/h1-27H. The fraction of sp³-hybridized carbons (Fsp3) is 0. The van der Waals surface area contributed by atoms with Gasteiger partial charge in [0.25, 0.3) is 0 Å². The van der Waals surface area contributed by atoms with E-state index >= 15 is 0 Å². The van der Waals surface area contributed by atoms with Crippen molar-refractivity contribution >= 4 is 65.2 Å². The molecule has 0 spiro atoms. The second kappa shape index (κ2) is 10.1.